The molecule has 0 N–H and O–H groups in total. The standard InChI is InChI=1S/C14H18O/c15-11-13-9-5-6-10-14(13)12-7-3-1-2-4-8-12/h5-6,9-12H,1-4,7-8H2. The summed E-state index contributed by atoms with van der Waals surface area (Å²) in [5, 5.41) is 0. The fraction of sp³-hybridized carbons (Fsp3) is 0.500. The quantitative estimate of drug-likeness (QED) is 0.524. The Morgan fingerprint density at radius 1 is 1.00 bits per heavy atom. The van der Waals surface area contributed by atoms with Crippen molar-refractivity contribution in [2.45, 2.75) is 44.4 Å². The smallest absolute Gasteiger partial charge is 0.150 e. The molecule has 1 fully saturated rings. The second-order valence-corrected chi connectivity index (χ2v) is 4.44. The van der Waals surface area contributed by atoms with E-state index in [1.54, 1.807) is 0 Å². The van der Waals surface area contributed by atoms with Gasteiger partial charge in [-0.3, -0.25) is 4.79 Å². The van der Waals surface area contributed by atoms with Gasteiger partial charge in [0.05, 0.1) is 0 Å². The van der Waals surface area contributed by atoms with E-state index in [-0.39, 0.29) is 0 Å². The molecule has 0 radical (unpaired) electrons. The normalized spacial score (nSPS) is 18.4. The molecule has 0 bridgehead atoms. The van der Waals surface area contributed by atoms with E-state index in [4.69, 9.17) is 0 Å². The van der Waals surface area contributed by atoms with Gasteiger partial charge in [0.2, 0.25) is 0 Å². The Bertz CT molecular complexity index is 322. The molecule has 1 heteroatoms. The lowest BCUT2D eigenvalue weighted by Crippen LogP contribution is -2.01. The Hall–Kier alpha value is -1.11. The van der Waals surface area contributed by atoms with Gasteiger partial charge in [-0.2, -0.15) is 0 Å². The van der Waals surface area contributed by atoms with Crippen LogP contribution in [-0.2, 0) is 0 Å². The van der Waals surface area contributed by atoms with E-state index < -0.39 is 0 Å². The van der Waals surface area contributed by atoms with Crippen LogP contribution in [0.4, 0.5) is 0 Å². The molecule has 2 rings (SSSR count). The molecule has 1 aliphatic carbocycles. The minimum atomic E-state index is 0.619. The first kappa shape index (κ1) is 10.4. The molecule has 1 aliphatic rings. The number of aldehydes is 1. The summed E-state index contributed by atoms with van der Waals surface area (Å²) in [6, 6.07) is 8.06. The third-order valence-corrected chi connectivity index (χ3v) is 3.42. The highest BCUT2D eigenvalue weighted by atomic mass is 16.1. The van der Waals surface area contributed by atoms with Crippen LogP contribution < -0.4 is 0 Å². The van der Waals surface area contributed by atoms with Crippen molar-refractivity contribution in [2.24, 2.45) is 0 Å². The summed E-state index contributed by atoms with van der Waals surface area (Å²) in [7, 11) is 0. The van der Waals surface area contributed by atoms with E-state index in [2.05, 4.69) is 6.07 Å². The zero-order chi connectivity index (χ0) is 10.5. The van der Waals surface area contributed by atoms with Gasteiger partial charge in [0.1, 0.15) is 6.29 Å². The summed E-state index contributed by atoms with van der Waals surface area (Å²) in [5.41, 5.74) is 2.17. The van der Waals surface area contributed by atoms with Gasteiger partial charge in [0.25, 0.3) is 0 Å². The molecular weight excluding hydrogens is 184 g/mol. The van der Waals surface area contributed by atoms with Crippen molar-refractivity contribution in [1.29, 1.82) is 0 Å². The van der Waals surface area contributed by atoms with E-state index in [0.717, 1.165) is 11.8 Å². The van der Waals surface area contributed by atoms with Gasteiger partial charge >= 0.3 is 0 Å². The van der Waals surface area contributed by atoms with Crippen molar-refractivity contribution in [1.82, 2.24) is 0 Å². The molecule has 1 aromatic rings. The molecule has 0 spiro atoms. The average molecular weight is 202 g/mol. The Kier molecular flexibility index (Phi) is 3.54. The van der Waals surface area contributed by atoms with Gasteiger partial charge in [-0.1, -0.05) is 49.9 Å². The van der Waals surface area contributed by atoms with Crippen molar-refractivity contribution < 1.29 is 4.79 Å². The Morgan fingerprint density at radius 3 is 2.33 bits per heavy atom. The van der Waals surface area contributed by atoms with Crippen molar-refractivity contribution in [3.63, 3.8) is 0 Å². The lowest BCUT2D eigenvalue weighted by molar-refractivity contribution is 0.112. The third kappa shape index (κ3) is 2.47. The molecule has 0 heterocycles. The molecule has 0 unspecified atom stereocenters. The van der Waals surface area contributed by atoms with Gasteiger partial charge in [-0.05, 0) is 24.3 Å². The summed E-state index contributed by atoms with van der Waals surface area (Å²) in [5.74, 6) is 0.619. The zero-order valence-corrected chi connectivity index (χ0v) is 9.11. The van der Waals surface area contributed by atoms with E-state index in [1.807, 2.05) is 18.2 Å². The summed E-state index contributed by atoms with van der Waals surface area (Å²) < 4.78 is 0. The number of hydrogen-bond donors (Lipinski definition) is 0. The molecule has 1 nitrogen and oxygen atoms in total. The lowest BCUT2D eigenvalue weighted by Gasteiger charge is -2.16. The van der Waals surface area contributed by atoms with Crippen molar-refractivity contribution in [3.8, 4) is 0 Å². The molecule has 0 aromatic heterocycles. The average Bonchev–Trinajstić information content (AvgIpc) is 2.57. The van der Waals surface area contributed by atoms with Crippen LogP contribution in [-0.4, -0.2) is 6.29 Å². The number of carbonyl (C=O) groups excluding carboxylic acids is 1. The van der Waals surface area contributed by atoms with E-state index in [9.17, 15) is 4.79 Å². The predicted octanol–water partition coefficient (Wildman–Crippen LogP) is 3.94. The first-order chi connectivity index (χ1) is 7.42. The van der Waals surface area contributed by atoms with Gasteiger partial charge in [0.15, 0.2) is 0 Å². The van der Waals surface area contributed by atoms with Crippen LogP contribution in [0.1, 0.15) is 60.4 Å². The first-order valence-electron chi connectivity index (χ1n) is 5.96. The topological polar surface area (TPSA) is 17.1 Å². The first-order valence-corrected chi connectivity index (χ1v) is 5.96. The minimum Gasteiger partial charge on any atom is -0.298 e. The molecule has 1 aromatic carbocycles. The van der Waals surface area contributed by atoms with Gasteiger partial charge < -0.3 is 0 Å². The molecule has 15 heavy (non-hydrogen) atoms. The minimum absolute atomic E-state index is 0.619. The molecule has 0 atom stereocenters. The van der Waals surface area contributed by atoms with Crippen LogP contribution in [0.15, 0.2) is 24.3 Å². The maximum atomic E-state index is 11.0. The maximum Gasteiger partial charge on any atom is 0.150 e. The van der Waals surface area contributed by atoms with E-state index in [1.165, 1.54) is 44.1 Å². The molecule has 0 aliphatic heterocycles. The van der Waals surface area contributed by atoms with Crippen molar-refractivity contribution in [3.05, 3.63) is 35.4 Å². The Balaban J connectivity index is 2.22. The fourth-order valence-electron chi connectivity index (χ4n) is 2.58. The second kappa shape index (κ2) is 5.11. The Morgan fingerprint density at radius 2 is 1.67 bits per heavy atom. The van der Waals surface area contributed by atoms with Crippen LogP contribution in [0.5, 0.6) is 0 Å². The largest absolute Gasteiger partial charge is 0.298 e. The van der Waals surface area contributed by atoms with Crippen LogP contribution in [0.25, 0.3) is 0 Å². The highest BCUT2D eigenvalue weighted by Gasteiger charge is 2.16. The molecule has 0 saturated heterocycles. The van der Waals surface area contributed by atoms with Crippen molar-refractivity contribution >= 4 is 6.29 Å². The maximum absolute atomic E-state index is 11.0. The monoisotopic (exact) mass is 202 g/mol. The van der Waals surface area contributed by atoms with Crippen LogP contribution >= 0.6 is 0 Å². The highest BCUT2D eigenvalue weighted by Crippen LogP contribution is 2.32. The molecule has 1 saturated carbocycles. The third-order valence-electron chi connectivity index (χ3n) is 3.42. The van der Waals surface area contributed by atoms with Crippen LogP contribution in [0, 0.1) is 0 Å². The number of rotatable bonds is 2. The molecule has 80 valence electrons. The van der Waals surface area contributed by atoms with Gasteiger partial charge in [-0.15, -0.1) is 0 Å². The summed E-state index contributed by atoms with van der Waals surface area (Å²) in [4.78, 5) is 11.0. The SMILES string of the molecule is O=Cc1ccccc1C1CCCCCC1. The van der Waals surface area contributed by atoms with E-state index in [0.29, 0.717) is 5.92 Å². The van der Waals surface area contributed by atoms with Gasteiger partial charge in [-0.25, -0.2) is 0 Å². The lowest BCUT2D eigenvalue weighted by atomic mass is 9.89. The summed E-state index contributed by atoms with van der Waals surface area (Å²) in [6.45, 7) is 0. The zero-order valence-electron chi connectivity index (χ0n) is 9.11. The number of carbonyl (C=O) groups is 1. The van der Waals surface area contributed by atoms with E-state index >= 15 is 0 Å². The fourth-order valence-corrected chi connectivity index (χ4v) is 2.58. The van der Waals surface area contributed by atoms with Crippen LogP contribution in [0.3, 0.4) is 0 Å². The van der Waals surface area contributed by atoms with Crippen molar-refractivity contribution in [2.75, 3.05) is 0 Å². The molecular formula is C14H18O. The number of benzene rings is 1. The Labute approximate surface area is 91.5 Å². The highest BCUT2D eigenvalue weighted by molar-refractivity contribution is 5.77. The molecule has 0 amide bonds. The predicted molar refractivity (Wildman–Crippen MR) is 62.3 cm³/mol. The van der Waals surface area contributed by atoms with Gasteiger partial charge in [0, 0.05) is 5.56 Å². The number of hydrogen-bond acceptors (Lipinski definition) is 1. The second-order valence-electron chi connectivity index (χ2n) is 4.44. The van der Waals surface area contributed by atoms with Crippen LogP contribution in [0.2, 0.25) is 0 Å². The summed E-state index contributed by atoms with van der Waals surface area (Å²) in [6.07, 6.45) is 8.87. The summed E-state index contributed by atoms with van der Waals surface area (Å²) >= 11 is 0.